The van der Waals surface area contributed by atoms with E-state index in [9.17, 15) is 9.90 Å². The Morgan fingerprint density at radius 2 is 1.92 bits per heavy atom. The molecule has 1 aliphatic carbocycles. The normalized spacial score (nSPS) is 18.8. The zero-order chi connectivity index (χ0) is 17.3. The van der Waals surface area contributed by atoms with E-state index < -0.39 is 5.54 Å². The van der Waals surface area contributed by atoms with Crippen LogP contribution in [0.25, 0.3) is 5.69 Å². The van der Waals surface area contributed by atoms with Gasteiger partial charge >= 0.3 is 0 Å². The van der Waals surface area contributed by atoms with Gasteiger partial charge in [0, 0.05) is 0 Å². The van der Waals surface area contributed by atoms with Gasteiger partial charge in [0.1, 0.15) is 6.33 Å². The fourth-order valence-corrected chi connectivity index (χ4v) is 3.37. The van der Waals surface area contributed by atoms with Crippen LogP contribution in [0.3, 0.4) is 0 Å². The number of benzene rings is 2. The number of amides is 1. The predicted molar refractivity (Wildman–Crippen MR) is 92.4 cm³/mol. The van der Waals surface area contributed by atoms with Crippen molar-refractivity contribution < 1.29 is 9.90 Å². The van der Waals surface area contributed by atoms with E-state index in [0.29, 0.717) is 6.42 Å². The molecule has 1 aromatic heterocycles. The summed E-state index contributed by atoms with van der Waals surface area (Å²) in [5, 5.41) is 17.2. The zero-order valence-corrected chi connectivity index (χ0v) is 13.6. The summed E-state index contributed by atoms with van der Waals surface area (Å²) in [5.74, 6) is -0.304. The van der Waals surface area contributed by atoms with Crippen LogP contribution >= 0.6 is 0 Å². The van der Waals surface area contributed by atoms with Gasteiger partial charge in [-0.15, -0.1) is 5.10 Å². The van der Waals surface area contributed by atoms with Gasteiger partial charge in [0.2, 0.25) is 5.82 Å². The van der Waals surface area contributed by atoms with Crippen LogP contribution in [0.1, 0.15) is 28.2 Å². The summed E-state index contributed by atoms with van der Waals surface area (Å²) in [6.45, 7) is -0.158. The number of aliphatic hydroxyl groups is 1. The lowest BCUT2D eigenvalue weighted by Gasteiger charge is -2.29. The van der Waals surface area contributed by atoms with Crippen LogP contribution in [0.15, 0.2) is 60.9 Å². The minimum Gasteiger partial charge on any atom is -0.394 e. The predicted octanol–water partition coefficient (Wildman–Crippen LogP) is 1.83. The van der Waals surface area contributed by atoms with Gasteiger partial charge in [0.05, 0.1) is 17.8 Å². The van der Waals surface area contributed by atoms with Crippen LogP contribution in [-0.2, 0) is 12.0 Å². The third kappa shape index (κ3) is 2.70. The number of aryl methyl sites for hydroxylation is 1. The van der Waals surface area contributed by atoms with Crippen molar-refractivity contribution in [1.82, 2.24) is 20.1 Å². The average Bonchev–Trinajstić information content (AvgIpc) is 3.29. The lowest BCUT2D eigenvalue weighted by atomic mass is 9.92. The van der Waals surface area contributed by atoms with E-state index in [1.165, 1.54) is 6.33 Å². The average molecular weight is 334 g/mol. The number of aliphatic hydroxyl groups excluding tert-OH is 1. The molecule has 2 N–H and O–H groups in total. The summed E-state index contributed by atoms with van der Waals surface area (Å²) in [6, 6.07) is 17.4. The number of nitrogens with one attached hydrogen (secondary N) is 1. The highest BCUT2D eigenvalue weighted by Crippen LogP contribution is 2.36. The summed E-state index contributed by atoms with van der Waals surface area (Å²) in [4.78, 5) is 16.8. The third-order valence-corrected chi connectivity index (χ3v) is 4.69. The molecule has 0 spiro atoms. The molecule has 0 radical (unpaired) electrons. The monoisotopic (exact) mass is 334 g/mol. The first-order valence-corrected chi connectivity index (χ1v) is 8.21. The van der Waals surface area contributed by atoms with Gasteiger partial charge in [0.25, 0.3) is 5.91 Å². The van der Waals surface area contributed by atoms with Gasteiger partial charge in [-0.3, -0.25) is 4.79 Å². The number of para-hydroxylation sites is 1. The molecule has 6 nitrogen and oxygen atoms in total. The van der Waals surface area contributed by atoms with Crippen molar-refractivity contribution in [2.24, 2.45) is 0 Å². The van der Waals surface area contributed by atoms with Crippen LogP contribution in [0, 0.1) is 0 Å². The van der Waals surface area contributed by atoms with E-state index in [1.54, 1.807) is 4.68 Å². The Hall–Kier alpha value is -2.99. The number of carbonyl (C=O) groups is 1. The molecular formula is C19H18N4O2. The maximum atomic E-state index is 12.7. The molecular weight excluding hydrogens is 316 g/mol. The van der Waals surface area contributed by atoms with Gasteiger partial charge in [-0.2, -0.15) is 0 Å². The van der Waals surface area contributed by atoms with E-state index in [-0.39, 0.29) is 18.3 Å². The highest BCUT2D eigenvalue weighted by molar-refractivity contribution is 5.91. The lowest BCUT2D eigenvalue weighted by Crippen LogP contribution is -2.47. The SMILES string of the molecule is O=C(NC1(CO)CCc2ccccc21)c1ncn(-c2ccccc2)n1. The van der Waals surface area contributed by atoms with Gasteiger partial charge < -0.3 is 10.4 Å². The summed E-state index contributed by atoms with van der Waals surface area (Å²) >= 11 is 0. The highest BCUT2D eigenvalue weighted by atomic mass is 16.3. The number of carbonyl (C=O) groups excluding carboxylic acids is 1. The van der Waals surface area contributed by atoms with Crippen LogP contribution < -0.4 is 5.32 Å². The Bertz CT molecular complexity index is 907. The number of fused-ring (bicyclic) bond motifs is 1. The molecule has 1 amide bonds. The first-order chi connectivity index (χ1) is 12.2. The van der Waals surface area contributed by atoms with Crippen LogP contribution in [0.2, 0.25) is 0 Å². The fourth-order valence-electron chi connectivity index (χ4n) is 3.37. The summed E-state index contributed by atoms with van der Waals surface area (Å²) in [6.07, 6.45) is 3.00. The van der Waals surface area contributed by atoms with Crippen molar-refractivity contribution >= 4 is 5.91 Å². The number of hydrogen-bond donors (Lipinski definition) is 2. The number of aromatic nitrogens is 3. The van der Waals surface area contributed by atoms with Crippen molar-refractivity contribution in [2.45, 2.75) is 18.4 Å². The van der Waals surface area contributed by atoms with Crippen molar-refractivity contribution in [3.8, 4) is 5.69 Å². The molecule has 3 aromatic rings. The molecule has 0 fully saturated rings. The first-order valence-electron chi connectivity index (χ1n) is 8.21. The van der Waals surface area contributed by atoms with Crippen molar-refractivity contribution in [1.29, 1.82) is 0 Å². The highest BCUT2D eigenvalue weighted by Gasteiger charge is 2.40. The summed E-state index contributed by atoms with van der Waals surface area (Å²) < 4.78 is 1.56. The van der Waals surface area contributed by atoms with Crippen molar-refractivity contribution in [2.75, 3.05) is 6.61 Å². The van der Waals surface area contributed by atoms with E-state index in [0.717, 1.165) is 23.2 Å². The topological polar surface area (TPSA) is 80.0 Å². The summed E-state index contributed by atoms with van der Waals surface area (Å²) in [5.41, 5.74) is 2.18. The first kappa shape index (κ1) is 15.5. The molecule has 126 valence electrons. The zero-order valence-electron chi connectivity index (χ0n) is 13.6. The Morgan fingerprint density at radius 1 is 1.16 bits per heavy atom. The Morgan fingerprint density at radius 3 is 2.72 bits per heavy atom. The fraction of sp³-hybridized carbons (Fsp3) is 0.211. The van der Waals surface area contributed by atoms with E-state index >= 15 is 0 Å². The smallest absolute Gasteiger partial charge is 0.291 e. The van der Waals surface area contributed by atoms with Gasteiger partial charge in [-0.25, -0.2) is 9.67 Å². The van der Waals surface area contributed by atoms with Crippen LogP contribution in [-0.4, -0.2) is 32.4 Å². The largest absolute Gasteiger partial charge is 0.394 e. The lowest BCUT2D eigenvalue weighted by molar-refractivity contribution is 0.0818. The molecule has 25 heavy (non-hydrogen) atoms. The minimum atomic E-state index is -0.772. The van der Waals surface area contributed by atoms with Crippen LogP contribution in [0.4, 0.5) is 0 Å². The van der Waals surface area contributed by atoms with Gasteiger partial charge in [-0.05, 0) is 36.1 Å². The van der Waals surface area contributed by atoms with Crippen molar-refractivity contribution in [3.63, 3.8) is 0 Å². The second kappa shape index (κ2) is 6.14. The number of nitrogens with zero attached hydrogens (tertiary/aromatic N) is 3. The van der Waals surface area contributed by atoms with Gasteiger partial charge in [-0.1, -0.05) is 42.5 Å². The molecule has 4 rings (SSSR count). The molecule has 0 saturated heterocycles. The Labute approximate surface area is 145 Å². The molecule has 1 unspecified atom stereocenters. The molecule has 2 aromatic carbocycles. The Balaban J connectivity index is 1.59. The molecule has 1 atom stereocenters. The molecule has 0 bridgehead atoms. The molecule has 0 saturated carbocycles. The minimum absolute atomic E-state index is 0.0843. The van der Waals surface area contributed by atoms with E-state index in [1.807, 2.05) is 54.6 Å². The standard InChI is InChI=1S/C19H18N4O2/c24-12-19(11-10-14-6-4-5-9-16(14)19)21-18(25)17-20-13-23(22-17)15-7-2-1-3-8-15/h1-9,13,24H,10-12H2,(H,21,25). The summed E-state index contributed by atoms with van der Waals surface area (Å²) in [7, 11) is 0. The molecule has 6 heteroatoms. The second-order valence-corrected chi connectivity index (χ2v) is 6.20. The third-order valence-electron chi connectivity index (χ3n) is 4.69. The van der Waals surface area contributed by atoms with E-state index in [2.05, 4.69) is 15.4 Å². The van der Waals surface area contributed by atoms with Crippen LogP contribution in [0.5, 0.6) is 0 Å². The molecule has 1 heterocycles. The van der Waals surface area contributed by atoms with Crippen molar-refractivity contribution in [3.05, 3.63) is 77.9 Å². The maximum Gasteiger partial charge on any atom is 0.291 e. The quantitative estimate of drug-likeness (QED) is 0.763. The Kier molecular flexibility index (Phi) is 3.82. The van der Waals surface area contributed by atoms with Gasteiger partial charge in [0.15, 0.2) is 0 Å². The second-order valence-electron chi connectivity index (χ2n) is 6.20. The maximum absolute atomic E-state index is 12.7. The molecule has 0 aliphatic heterocycles. The van der Waals surface area contributed by atoms with E-state index in [4.69, 9.17) is 0 Å². The number of hydrogen-bond acceptors (Lipinski definition) is 4. The molecule has 1 aliphatic rings. The number of rotatable bonds is 4.